The highest BCUT2D eigenvalue weighted by atomic mass is 35.5. The van der Waals surface area contributed by atoms with Crippen LogP contribution in [0.15, 0.2) is 30.5 Å². The van der Waals surface area contributed by atoms with Crippen molar-refractivity contribution >= 4 is 11.6 Å². The average molecular weight is 258 g/mol. The van der Waals surface area contributed by atoms with E-state index in [4.69, 9.17) is 11.6 Å². The van der Waals surface area contributed by atoms with Crippen LogP contribution in [0.1, 0.15) is 17.1 Å². The maximum Gasteiger partial charge on any atom is 0.123 e. The second-order valence-corrected chi connectivity index (χ2v) is 4.58. The first-order valence-corrected chi connectivity index (χ1v) is 6.23. The zero-order valence-electron chi connectivity index (χ0n) is 9.78. The van der Waals surface area contributed by atoms with E-state index in [1.807, 2.05) is 30.5 Å². The number of nitrogens with one attached hydrogen (secondary N) is 1. The molecule has 0 amide bonds. The van der Waals surface area contributed by atoms with Crippen molar-refractivity contribution < 1.29 is 0 Å². The minimum absolute atomic E-state index is 0.710. The minimum Gasteiger partial charge on any atom is -0.319 e. The summed E-state index contributed by atoms with van der Waals surface area (Å²) >= 11 is 5.93. The van der Waals surface area contributed by atoms with Gasteiger partial charge in [-0.2, -0.15) is 0 Å². The van der Waals surface area contributed by atoms with Gasteiger partial charge < -0.3 is 9.88 Å². The van der Waals surface area contributed by atoms with Gasteiger partial charge in [0.05, 0.1) is 12.7 Å². The fourth-order valence-corrected chi connectivity index (χ4v) is 2.19. The Morgan fingerprint density at radius 2 is 2.28 bits per heavy atom. The molecule has 1 aromatic heterocycles. The molecule has 1 aromatic carbocycles. The highest BCUT2D eigenvalue weighted by molar-refractivity contribution is 6.30. The Balaban J connectivity index is 1.91. The van der Waals surface area contributed by atoms with E-state index in [0.717, 1.165) is 36.7 Å². The van der Waals surface area contributed by atoms with Gasteiger partial charge in [0.2, 0.25) is 0 Å². The quantitative estimate of drug-likeness (QED) is 0.732. The maximum atomic E-state index is 5.93. The summed E-state index contributed by atoms with van der Waals surface area (Å²) in [6.07, 6.45) is 1.83. The van der Waals surface area contributed by atoms with Gasteiger partial charge in [-0.1, -0.05) is 23.6 Å². The van der Waals surface area contributed by atoms with E-state index >= 15 is 0 Å². The van der Waals surface area contributed by atoms with Crippen LogP contribution in [-0.2, 0) is 13.1 Å². The van der Waals surface area contributed by atoms with E-state index < -0.39 is 0 Å². The summed E-state index contributed by atoms with van der Waals surface area (Å²) in [7, 11) is 0. The van der Waals surface area contributed by atoms with E-state index in [1.165, 1.54) is 0 Å². The number of halogens is 1. The maximum absolute atomic E-state index is 5.93. The fraction of sp³-hybridized carbons (Fsp3) is 0.214. The van der Waals surface area contributed by atoms with E-state index in [-0.39, 0.29) is 0 Å². The summed E-state index contributed by atoms with van der Waals surface area (Å²) in [6.45, 7) is 2.71. The van der Waals surface area contributed by atoms with E-state index in [0.29, 0.717) is 5.02 Å². The number of hydrogen-bond acceptors (Lipinski definition) is 2. The third-order valence-electron chi connectivity index (χ3n) is 2.89. The topological polar surface area (TPSA) is 29.9 Å². The lowest BCUT2D eigenvalue weighted by atomic mass is 10.2. The number of aromatic nitrogens is 2. The predicted octanol–water partition coefficient (Wildman–Crippen LogP) is 2.04. The van der Waals surface area contributed by atoms with Crippen molar-refractivity contribution in [2.24, 2.45) is 0 Å². The highest BCUT2D eigenvalue weighted by Crippen LogP contribution is 2.11. The summed E-state index contributed by atoms with van der Waals surface area (Å²) < 4.78 is 2.16. The van der Waals surface area contributed by atoms with Crippen molar-refractivity contribution in [1.29, 1.82) is 0 Å². The van der Waals surface area contributed by atoms with Crippen LogP contribution in [0.4, 0.5) is 0 Å². The van der Waals surface area contributed by atoms with Crippen LogP contribution in [0.25, 0.3) is 0 Å². The van der Waals surface area contributed by atoms with Crippen molar-refractivity contribution in [1.82, 2.24) is 14.9 Å². The van der Waals surface area contributed by atoms with Gasteiger partial charge in [-0.15, -0.1) is 0 Å². The molecule has 18 heavy (non-hydrogen) atoms. The first-order valence-electron chi connectivity index (χ1n) is 5.85. The molecule has 1 aliphatic rings. The molecule has 3 rings (SSSR count). The molecule has 0 aliphatic carbocycles. The molecule has 0 bridgehead atoms. The second kappa shape index (κ2) is 4.85. The molecular formula is C14H12ClN3. The highest BCUT2D eigenvalue weighted by Gasteiger charge is 2.11. The van der Waals surface area contributed by atoms with Crippen LogP contribution in [0.2, 0.25) is 5.02 Å². The largest absolute Gasteiger partial charge is 0.319 e. The second-order valence-electron chi connectivity index (χ2n) is 4.15. The van der Waals surface area contributed by atoms with Crippen LogP contribution in [0.3, 0.4) is 0 Å². The standard InChI is InChI=1S/C14H12ClN3/c15-12-3-1-2-11(8-12)4-5-13-9-17-14-10-16-6-7-18(13)14/h1-3,8-9,16H,6-7,10H2. The van der Waals surface area contributed by atoms with Crippen LogP contribution in [0, 0.1) is 11.8 Å². The average Bonchev–Trinajstić information content (AvgIpc) is 2.80. The first-order chi connectivity index (χ1) is 8.83. The molecule has 0 saturated carbocycles. The number of fused-ring (bicyclic) bond motifs is 1. The molecule has 1 aliphatic heterocycles. The SMILES string of the molecule is Clc1cccc(C#Cc2cnc3n2CCNC3)c1. The predicted molar refractivity (Wildman–Crippen MR) is 71.4 cm³/mol. The van der Waals surface area contributed by atoms with Crippen LogP contribution >= 0.6 is 11.6 Å². The van der Waals surface area contributed by atoms with Crippen molar-refractivity contribution in [3.05, 3.63) is 52.6 Å². The molecule has 0 saturated heterocycles. The molecule has 0 atom stereocenters. The van der Waals surface area contributed by atoms with Crippen LogP contribution in [0.5, 0.6) is 0 Å². The summed E-state index contributed by atoms with van der Waals surface area (Å²) in [5, 5.41) is 4.00. The van der Waals surface area contributed by atoms with E-state index in [2.05, 4.69) is 26.7 Å². The lowest BCUT2D eigenvalue weighted by Gasteiger charge is -2.15. The molecule has 2 aromatic rings. The summed E-state index contributed by atoms with van der Waals surface area (Å²) in [5.74, 6) is 7.34. The zero-order chi connectivity index (χ0) is 12.4. The number of nitrogens with zero attached hydrogens (tertiary/aromatic N) is 2. The summed E-state index contributed by atoms with van der Waals surface area (Å²) in [5.41, 5.74) is 1.89. The summed E-state index contributed by atoms with van der Waals surface area (Å²) in [6, 6.07) is 7.57. The molecule has 3 nitrogen and oxygen atoms in total. The van der Waals surface area contributed by atoms with Crippen molar-refractivity contribution in [3.8, 4) is 11.8 Å². The van der Waals surface area contributed by atoms with Gasteiger partial charge in [0.15, 0.2) is 0 Å². The van der Waals surface area contributed by atoms with Crippen molar-refractivity contribution in [2.75, 3.05) is 6.54 Å². The Kier molecular flexibility index (Phi) is 3.06. The van der Waals surface area contributed by atoms with Gasteiger partial charge in [-0.3, -0.25) is 0 Å². The third kappa shape index (κ3) is 2.26. The number of rotatable bonds is 0. The molecule has 0 unspecified atom stereocenters. The number of imidazole rings is 1. The van der Waals surface area contributed by atoms with Gasteiger partial charge in [-0.05, 0) is 24.1 Å². The fourth-order valence-electron chi connectivity index (χ4n) is 2.00. The van der Waals surface area contributed by atoms with Gasteiger partial charge >= 0.3 is 0 Å². The molecule has 0 spiro atoms. The molecule has 0 radical (unpaired) electrons. The monoisotopic (exact) mass is 257 g/mol. The first kappa shape index (κ1) is 11.3. The Morgan fingerprint density at radius 3 is 3.17 bits per heavy atom. The molecule has 0 fully saturated rings. The Hall–Kier alpha value is -1.76. The number of hydrogen-bond donors (Lipinski definition) is 1. The smallest absolute Gasteiger partial charge is 0.123 e. The Morgan fingerprint density at radius 1 is 1.33 bits per heavy atom. The van der Waals surface area contributed by atoms with Gasteiger partial charge in [0, 0.05) is 23.7 Å². The molecule has 4 heteroatoms. The van der Waals surface area contributed by atoms with E-state index in [9.17, 15) is 0 Å². The molecule has 2 heterocycles. The van der Waals surface area contributed by atoms with Crippen LogP contribution < -0.4 is 5.32 Å². The third-order valence-corrected chi connectivity index (χ3v) is 3.13. The Labute approximate surface area is 111 Å². The number of benzene rings is 1. The van der Waals surface area contributed by atoms with Crippen LogP contribution in [-0.4, -0.2) is 16.1 Å². The normalized spacial score (nSPS) is 13.6. The summed E-state index contributed by atoms with van der Waals surface area (Å²) in [4.78, 5) is 4.36. The van der Waals surface area contributed by atoms with Crippen molar-refractivity contribution in [3.63, 3.8) is 0 Å². The lowest BCUT2D eigenvalue weighted by molar-refractivity contribution is 0.503. The molecule has 90 valence electrons. The lowest BCUT2D eigenvalue weighted by Crippen LogP contribution is -2.28. The van der Waals surface area contributed by atoms with Gasteiger partial charge in [0.25, 0.3) is 0 Å². The van der Waals surface area contributed by atoms with E-state index in [1.54, 1.807) is 0 Å². The zero-order valence-corrected chi connectivity index (χ0v) is 10.5. The molecule has 1 N–H and O–H groups in total. The van der Waals surface area contributed by atoms with Crippen molar-refractivity contribution in [2.45, 2.75) is 13.1 Å². The van der Waals surface area contributed by atoms with Gasteiger partial charge in [-0.25, -0.2) is 4.98 Å². The molecular weight excluding hydrogens is 246 g/mol. The Bertz CT molecular complexity index is 634. The van der Waals surface area contributed by atoms with Gasteiger partial charge in [0.1, 0.15) is 11.5 Å². The minimum atomic E-state index is 0.710.